The van der Waals surface area contributed by atoms with Crippen molar-refractivity contribution in [2.24, 2.45) is 4.99 Å². The molecular formula is C22H29N5. The van der Waals surface area contributed by atoms with Crippen molar-refractivity contribution in [2.75, 3.05) is 19.6 Å². The van der Waals surface area contributed by atoms with Gasteiger partial charge >= 0.3 is 0 Å². The van der Waals surface area contributed by atoms with Crippen LogP contribution in [0.2, 0.25) is 0 Å². The van der Waals surface area contributed by atoms with Gasteiger partial charge in [-0.25, -0.2) is 4.98 Å². The first-order valence-electron chi connectivity index (χ1n) is 9.77. The van der Waals surface area contributed by atoms with E-state index in [0.29, 0.717) is 5.92 Å². The van der Waals surface area contributed by atoms with E-state index in [0.717, 1.165) is 55.3 Å². The molecule has 0 saturated heterocycles. The Balaban J connectivity index is 1.47. The molecule has 0 spiro atoms. The van der Waals surface area contributed by atoms with Crippen LogP contribution in [-0.4, -0.2) is 35.6 Å². The lowest BCUT2D eigenvalue weighted by Gasteiger charge is -2.13. The number of aliphatic imine (C=N–C) groups is 1. The van der Waals surface area contributed by atoms with E-state index in [9.17, 15) is 0 Å². The van der Waals surface area contributed by atoms with E-state index in [-0.39, 0.29) is 0 Å². The van der Waals surface area contributed by atoms with Crippen LogP contribution < -0.4 is 10.6 Å². The fourth-order valence-corrected chi connectivity index (χ4v) is 3.04. The maximum atomic E-state index is 4.74. The molecule has 0 amide bonds. The molecule has 3 N–H and O–H groups in total. The maximum Gasteiger partial charge on any atom is 0.191 e. The first kappa shape index (κ1) is 19.0. The highest BCUT2D eigenvalue weighted by molar-refractivity contribution is 5.79. The average molecular weight is 364 g/mol. The van der Waals surface area contributed by atoms with Crippen molar-refractivity contribution in [1.82, 2.24) is 20.6 Å². The van der Waals surface area contributed by atoms with Crippen LogP contribution in [0.25, 0.3) is 11.0 Å². The van der Waals surface area contributed by atoms with Gasteiger partial charge in [0, 0.05) is 32.0 Å². The number of nitrogens with one attached hydrogen (secondary N) is 3. The van der Waals surface area contributed by atoms with Gasteiger partial charge in [-0.3, -0.25) is 4.99 Å². The summed E-state index contributed by atoms with van der Waals surface area (Å²) >= 11 is 0. The molecular weight excluding hydrogens is 334 g/mol. The molecule has 5 nitrogen and oxygen atoms in total. The number of imidazole rings is 1. The number of benzene rings is 2. The lowest BCUT2D eigenvalue weighted by atomic mass is 10.0. The summed E-state index contributed by atoms with van der Waals surface area (Å²) in [5, 5.41) is 6.75. The Labute approximate surface area is 161 Å². The number of para-hydroxylation sites is 2. The summed E-state index contributed by atoms with van der Waals surface area (Å²) in [6.07, 6.45) is 1.92. The van der Waals surface area contributed by atoms with Crippen LogP contribution in [0.3, 0.4) is 0 Å². The van der Waals surface area contributed by atoms with Crippen LogP contribution >= 0.6 is 0 Å². The second kappa shape index (κ2) is 9.76. The molecule has 0 fully saturated rings. The van der Waals surface area contributed by atoms with Crippen LogP contribution in [0.4, 0.5) is 0 Å². The summed E-state index contributed by atoms with van der Waals surface area (Å²) in [5.41, 5.74) is 3.46. The number of aryl methyl sites for hydroxylation is 1. The van der Waals surface area contributed by atoms with E-state index in [1.807, 2.05) is 24.3 Å². The third kappa shape index (κ3) is 5.58. The van der Waals surface area contributed by atoms with Crippen LogP contribution in [0.5, 0.6) is 0 Å². The Morgan fingerprint density at radius 1 is 1.07 bits per heavy atom. The standard InChI is InChI=1S/C22H29N5/c1-3-23-22(25-16-17(2)18-10-5-4-6-11-18)24-15-9-14-21-26-19-12-7-8-13-20(19)27-21/h4-8,10-13,17H,3,9,14-16H2,1-2H3,(H,26,27)(H2,23,24,25). The molecule has 0 radical (unpaired) electrons. The van der Waals surface area contributed by atoms with Crippen molar-refractivity contribution in [3.63, 3.8) is 0 Å². The second-order valence-electron chi connectivity index (χ2n) is 6.76. The monoisotopic (exact) mass is 363 g/mol. The van der Waals surface area contributed by atoms with Gasteiger partial charge in [-0.15, -0.1) is 0 Å². The summed E-state index contributed by atoms with van der Waals surface area (Å²) in [6, 6.07) is 18.7. The molecule has 1 unspecified atom stereocenters. The smallest absolute Gasteiger partial charge is 0.191 e. The molecule has 142 valence electrons. The second-order valence-corrected chi connectivity index (χ2v) is 6.76. The van der Waals surface area contributed by atoms with Crippen LogP contribution in [-0.2, 0) is 6.42 Å². The zero-order valence-corrected chi connectivity index (χ0v) is 16.2. The number of fused-ring (bicyclic) bond motifs is 1. The highest BCUT2D eigenvalue weighted by Gasteiger charge is 2.05. The Morgan fingerprint density at radius 3 is 2.63 bits per heavy atom. The Morgan fingerprint density at radius 2 is 1.85 bits per heavy atom. The number of H-pyrrole nitrogens is 1. The summed E-state index contributed by atoms with van der Waals surface area (Å²) in [7, 11) is 0. The minimum absolute atomic E-state index is 0.400. The van der Waals surface area contributed by atoms with Gasteiger partial charge in [-0.2, -0.15) is 0 Å². The summed E-state index contributed by atoms with van der Waals surface area (Å²) in [4.78, 5) is 12.8. The summed E-state index contributed by atoms with van der Waals surface area (Å²) < 4.78 is 0. The van der Waals surface area contributed by atoms with Crippen molar-refractivity contribution >= 4 is 17.0 Å². The maximum absolute atomic E-state index is 4.74. The molecule has 0 bridgehead atoms. The quantitative estimate of drug-likeness (QED) is 0.323. The highest BCUT2D eigenvalue weighted by Crippen LogP contribution is 2.14. The Bertz CT molecular complexity index is 820. The first-order chi connectivity index (χ1) is 13.3. The lowest BCUT2D eigenvalue weighted by Crippen LogP contribution is -2.38. The topological polar surface area (TPSA) is 65.1 Å². The van der Waals surface area contributed by atoms with Gasteiger partial charge < -0.3 is 15.6 Å². The summed E-state index contributed by atoms with van der Waals surface area (Å²) in [6.45, 7) is 6.79. The number of hydrogen-bond acceptors (Lipinski definition) is 2. The van der Waals surface area contributed by atoms with E-state index in [2.05, 4.69) is 64.8 Å². The molecule has 0 aliphatic carbocycles. The number of nitrogens with zero attached hydrogens (tertiary/aromatic N) is 2. The number of hydrogen-bond donors (Lipinski definition) is 3. The third-order valence-corrected chi connectivity index (χ3v) is 4.56. The van der Waals surface area contributed by atoms with Crippen molar-refractivity contribution in [3.05, 3.63) is 66.0 Å². The van der Waals surface area contributed by atoms with Gasteiger partial charge in [-0.1, -0.05) is 49.4 Å². The molecule has 5 heteroatoms. The van der Waals surface area contributed by atoms with E-state index in [1.54, 1.807) is 0 Å². The number of guanidine groups is 1. The molecule has 0 aliphatic heterocycles. The van der Waals surface area contributed by atoms with Crippen LogP contribution in [0.1, 0.15) is 37.6 Å². The van der Waals surface area contributed by atoms with E-state index >= 15 is 0 Å². The zero-order valence-electron chi connectivity index (χ0n) is 16.2. The Kier molecular flexibility index (Phi) is 6.85. The van der Waals surface area contributed by atoms with Gasteiger partial charge in [0.2, 0.25) is 0 Å². The van der Waals surface area contributed by atoms with Crippen molar-refractivity contribution in [1.29, 1.82) is 0 Å². The van der Waals surface area contributed by atoms with E-state index in [4.69, 9.17) is 4.99 Å². The van der Waals surface area contributed by atoms with Gasteiger partial charge in [0.05, 0.1) is 11.0 Å². The molecule has 1 aromatic heterocycles. The van der Waals surface area contributed by atoms with Crippen LogP contribution in [0.15, 0.2) is 59.6 Å². The predicted octanol–water partition coefficient (Wildman–Crippen LogP) is 3.85. The zero-order chi connectivity index (χ0) is 18.9. The van der Waals surface area contributed by atoms with Crippen molar-refractivity contribution in [3.8, 4) is 0 Å². The predicted molar refractivity (Wildman–Crippen MR) is 113 cm³/mol. The largest absolute Gasteiger partial charge is 0.357 e. The molecule has 1 atom stereocenters. The average Bonchev–Trinajstić information content (AvgIpc) is 3.12. The lowest BCUT2D eigenvalue weighted by molar-refractivity contribution is 0.714. The fraction of sp³-hybridized carbons (Fsp3) is 0.364. The first-order valence-corrected chi connectivity index (χ1v) is 9.77. The minimum Gasteiger partial charge on any atom is -0.357 e. The Hall–Kier alpha value is -2.82. The normalized spacial score (nSPS) is 12.9. The number of aromatic amines is 1. The van der Waals surface area contributed by atoms with E-state index in [1.165, 1.54) is 5.56 Å². The van der Waals surface area contributed by atoms with Crippen LogP contribution in [0, 0.1) is 0 Å². The third-order valence-electron chi connectivity index (χ3n) is 4.56. The number of aromatic nitrogens is 2. The van der Waals surface area contributed by atoms with Crippen molar-refractivity contribution < 1.29 is 0 Å². The molecule has 2 aromatic carbocycles. The SMILES string of the molecule is CCNC(=NCC(C)c1ccccc1)NCCCc1nc2ccccc2[nH]1. The highest BCUT2D eigenvalue weighted by atomic mass is 15.2. The molecule has 1 heterocycles. The van der Waals surface area contributed by atoms with E-state index < -0.39 is 0 Å². The van der Waals surface area contributed by atoms with Gasteiger partial charge in [0.25, 0.3) is 0 Å². The summed E-state index contributed by atoms with van der Waals surface area (Å²) in [5.74, 6) is 2.32. The molecule has 0 saturated carbocycles. The molecule has 27 heavy (non-hydrogen) atoms. The van der Waals surface area contributed by atoms with Gasteiger partial charge in [0.1, 0.15) is 5.82 Å². The number of rotatable bonds is 8. The van der Waals surface area contributed by atoms with Gasteiger partial charge in [0.15, 0.2) is 5.96 Å². The molecule has 3 aromatic rings. The fourth-order valence-electron chi connectivity index (χ4n) is 3.04. The molecule has 3 rings (SSSR count). The minimum atomic E-state index is 0.400. The van der Waals surface area contributed by atoms with Gasteiger partial charge in [-0.05, 0) is 31.0 Å². The van der Waals surface area contributed by atoms with Crippen molar-refractivity contribution in [2.45, 2.75) is 32.6 Å². The molecule has 0 aliphatic rings.